The molecule has 0 radical (unpaired) electrons. The van der Waals surface area contributed by atoms with Gasteiger partial charge < -0.3 is 24.3 Å². The molecule has 7 nitrogen and oxygen atoms in total. The van der Waals surface area contributed by atoms with E-state index in [0.717, 1.165) is 33.5 Å². The summed E-state index contributed by atoms with van der Waals surface area (Å²) in [4.78, 5) is 17.6. The smallest absolute Gasteiger partial charge is 0.257 e. The van der Waals surface area contributed by atoms with Crippen molar-refractivity contribution in [3.8, 4) is 33.7 Å². The third-order valence-corrected chi connectivity index (χ3v) is 11.0. The maximum absolute atomic E-state index is 14.3. The van der Waals surface area contributed by atoms with Crippen LogP contribution in [0.5, 0.6) is 0 Å². The van der Waals surface area contributed by atoms with E-state index >= 15 is 0 Å². The minimum atomic E-state index is -2.34. The molecule has 6 aromatic carbocycles. The van der Waals surface area contributed by atoms with Crippen molar-refractivity contribution in [3.63, 3.8) is 0 Å². The van der Waals surface area contributed by atoms with Gasteiger partial charge in [0.15, 0.2) is 35.3 Å². The summed E-state index contributed by atoms with van der Waals surface area (Å²) in [5, 5.41) is 12.4. The van der Waals surface area contributed by atoms with Gasteiger partial charge in [-0.2, -0.15) is 0 Å². The number of thioether (sulfide) groups is 1. The predicted octanol–water partition coefficient (Wildman–Crippen LogP) is 11.1. The van der Waals surface area contributed by atoms with Crippen molar-refractivity contribution < 1.29 is 45.7 Å². The monoisotopic (exact) mass is 834 g/mol. The standard InChI is InChI=1S/C47H35F5N2O5S/c48-38-37(39(49)41(51)42(52)40(38)50)45(56)53-24-33-13-7-8-14-35(33)28-19-21-32(22-20-28)46-57-34(23-36(58-46)29-17-15-27(25-55)16-18-29)26-60-47-54-43(30-9-3-1-4-10-30)44(59-47)31-11-5-2-6-12-31/h1-22,34,36,46,55H,23-26H2,(H,53,56)/t34-,36+,46+/m1/s1. The van der Waals surface area contributed by atoms with Gasteiger partial charge in [-0.3, -0.25) is 4.79 Å². The summed E-state index contributed by atoms with van der Waals surface area (Å²) in [7, 11) is 0. The number of carbonyl (C=O) groups is 1. The molecule has 2 N–H and O–H groups in total. The van der Waals surface area contributed by atoms with Gasteiger partial charge in [0.2, 0.25) is 5.82 Å². The third-order valence-electron chi connectivity index (χ3n) is 10.1. The van der Waals surface area contributed by atoms with Crippen LogP contribution in [0.4, 0.5) is 22.0 Å². The van der Waals surface area contributed by atoms with Crippen LogP contribution < -0.4 is 5.32 Å². The van der Waals surface area contributed by atoms with Crippen LogP contribution in [0, 0.1) is 29.1 Å². The molecule has 60 heavy (non-hydrogen) atoms. The highest BCUT2D eigenvalue weighted by Crippen LogP contribution is 2.41. The van der Waals surface area contributed by atoms with E-state index in [4.69, 9.17) is 18.9 Å². The van der Waals surface area contributed by atoms with E-state index in [0.29, 0.717) is 39.8 Å². The van der Waals surface area contributed by atoms with Gasteiger partial charge in [-0.05, 0) is 27.8 Å². The van der Waals surface area contributed by atoms with Gasteiger partial charge in [-0.15, -0.1) is 0 Å². The quantitative estimate of drug-likeness (QED) is 0.0548. The second kappa shape index (κ2) is 18.0. The zero-order valence-corrected chi connectivity index (χ0v) is 32.4. The van der Waals surface area contributed by atoms with Crippen molar-refractivity contribution in [1.29, 1.82) is 0 Å². The number of amides is 1. The molecular formula is C47H35F5N2O5S. The van der Waals surface area contributed by atoms with Gasteiger partial charge in [-0.25, -0.2) is 26.9 Å². The number of aliphatic hydroxyl groups is 1. The van der Waals surface area contributed by atoms with Crippen molar-refractivity contribution in [2.24, 2.45) is 0 Å². The van der Waals surface area contributed by atoms with Crippen LogP contribution in [0.2, 0.25) is 0 Å². The molecule has 3 atom stereocenters. The lowest BCUT2D eigenvalue weighted by molar-refractivity contribution is -0.245. The average molecular weight is 835 g/mol. The molecule has 1 aliphatic rings. The second-order valence-electron chi connectivity index (χ2n) is 14.0. The van der Waals surface area contributed by atoms with Gasteiger partial charge >= 0.3 is 0 Å². The highest BCUT2D eigenvalue weighted by atomic mass is 32.2. The largest absolute Gasteiger partial charge is 0.431 e. The summed E-state index contributed by atoms with van der Waals surface area (Å²) in [6, 6.07) is 41.5. The minimum Gasteiger partial charge on any atom is -0.431 e. The molecule has 0 unspecified atom stereocenters. The van der Waals surface area contributed by atoms with E-state index in [9.17, 15) is 31.9 Å². The fraction of sp³-hybridized carbons (Fsp3) is 0.149. The Balaban J connectivity index is 1.02. The van der Waals surface area contributed by atoms with E-state index in [1.165, 1.54) is 11.8 Å². The summed E-state index contributed by atoms with van der Waals surface area (Å²) in [5.74, 6) is -11.5. The van der Waals surface area contributed by atoms with E-state index in [-0.39, 0.29) is 25.4 Å². The Morgan fingerprint density at radius 1 is 0.683 bits per heavy atom. The van der Waals surface area contributed by atoms with Crippen molar-refractivity contribution in [2.75, 3.05) is 5.75 Å². The van der Waals surface area contributed by atoms with Crippen LogP contribution in [0.1, 0.15) is 51.4 Å². The Morgan fingerprint density at radius 3 is 1.95 bits per heavy atom. The van der Waals surface area contributed by atoms with Gasteiger partial charge in [0, 0.05) is 35.4 Å². The first-order valence-electron chi connectivity index (χ1n) is 18.9. The Kier molecular flexibility index (Phi) is 12.2. The number of halogens is 5. The molecule has 0 saturated carbocycles. The number of benzene rings is 6. The summed E-state index contributed by atoms with van der Waals surface area (Å²) in [6.07, 6.45) is -0.901. The lowest BCUT2D eigenvalue weighted by Crippen LogP contribution is -2.31. The van der Waals surface area contributed by atoms with E-state index < -0.39 is 46.8 Å². The molecule has 1 aromatic heterocycles. The minimum absolute atomic E-state index is 0.0872. The topological polar surface area (TPSA) is 93.8 Å². The van der Waals surface area contributed by atoms with E-state index in [1.807, 2.05) is 109 Å². The van der Waals surface area contributed by atoms with Gasteiger partial charge in [-0.1, -0.05) is 145 Å². The maximum Gasteiger partial charge on any atom is 0.257 e. The number of hydrogen-bond donors (Lipinski definition) is 2. The molecular weight excluding hydrogens is 800 g/mol. The zero-order chi connectivity index (χ0) is 41.8. The summed E-state index contributed by atoms with van der Waals surface area (Å²) in [5.41, 5.74) is 5.31. The fourth-order valence-corrected chi connectivity index (χ4v) is 7.81. The molecule has 8 rings (SSSR count). The number of rotatable bonds is 12. The van der Waals surface area contributed by atoms with Crippen molar-refractivity contribution in [2.45, 2.75) is 43.3 Å². The Bertz CT molecular complexity index is 2530. The fourth-order valence-electron chi connectivity index (χ4n) is 6.97. The molecule has 0 aliphatic carbocycles. The second-order valence-corrected chi connectivity index (χ2v) is 14.9. The van der Waals surface area contributed by atoms with Gasteiger partial charge in [0.05, 0.1) is 18.8 Å². The zero-order valence-electron chi connectivity index (χ0n) is 31.6. The molecule has 2 heterocycles. The summed E-state index contributed by atoms with van der Waals surface area (Å²) < 4.78 is 89.3. The van der Waals surface area contributed by atoms with Crippen LogP contribution in [0.25, 0.3) is 33.7 Å². The van der Waals surface area contributed by atoms with Crippen molar-refractivity contribution >= 4 is 17.7 Å². The highest BCUT2D eigenvalue weighted by Gasteiger charge is 2.33. The molecule has 1 saturated heterocycles. The Hall–Kier alpha value is -6.12. The molecule has 0 spiro atoms. The normalized spacial score (nSPS) is 16.5. The van der Waals surface area contributed by atoms with Crippen LogP contribution in [0.15, 0.2) is 143 Å². The highest BCUT2D eigenvalue weighted by molar-refractivity contribution is 7.99. The van der Waals surface area contributed by atoms with Crippen molar-refractivity contribution in [1.82, 2.24) is 10.3 Å². The molecule has 1 amide bonds. The number of hydrogen-bond acceptors (Lipinski definition) is 7. The molecule has 0 bridgehead atoms. The van der Waals surface area contributed by atoms with Crippen LogP contribution in [0.3, 0.4) is 0 Å². The van der Waals surface area contributed by atoms with E-state index in [1.54, 1.807) is 24.3 Å². The molecule has 1 fully saturated rings. The number of aromatic nitrogens is 1. The number of ether oxygens (including phenoxy) is 2. The lowest BCUT2D eigenvalue weighted by atomic mass is 9.97. The Labute approximate surface area is 345 Å². The number of carbonyl (C=O) groups excluding carboxylic acids is 1. The average Bonchev–Trinajstić information content (AvgIpc) is 3.74. The molecule has 304 valence electrons. The first kappa shape index (κ1) is 40.7. The summed E-state index contributed by atoms with van der Waals surface area (Å²) >= 11 is 1.45. The number of nitrogens with zero attached hydrogens (tertiary/aromatic N) is 1. The predicted molar refractivity (Wildman–Crippen MR) is 216 cm³/mol. The molecule has 1 aliphatic heterocycles. The Morgan fingerprint density at radius 2 is 1.28 bits per heavy atom. The first-order chi connectivity index (χ1) is 29.2. The van der Waals surface area contributed by atoms with Gasteiger partial charge in [0.1, 0.15) is 11.3 Å². The van der Waals surface area contributed by atoms with Crippen LogP contribution in [-0.2, 0) is 22.6 Å². The number of oxazole rings is 1. The SMILES string of the molecule is O=C(NCc1ccccc1-c1ccc([C@H]2O[C@@H](CSc3nc(-c4ccccc4)c(-c4ccccc4)o3)C[C@@H](c3ccc(CO)cc3)O2)cc1)c1c(F)c(F)c(F)c(F)c1F. The number of aliphatic hydroxyl groups excluding tert-OH is 1. The maximum atomic E-state index is 14.3. The van der Waals surface area contributed by atoms with Crippen molar-refractivity contribution in [3.05, 3.63) is 190 Å². The van der Waals surface area contributed by atoms with Crippen LogP contribution >= 0.6 is 11.8 Å². The van der Waals surface area contributed by atoms with Crippen LogP contribution in [-0.4, -0.2) is 27.9 Å². The third kappa shape index (κ3) is 8.61. The first-order valence-corrected chi connectivity index (χ1v) is 19.9. The number of nitrogens with one attached hydrogen (secondary N) is 1. The summed E-state index contributed by atoms with van der Waals surface area (Å²) in [6.45, 7) is -0.360. The molecule has 13 heteroatoms. The van der Waals surface area contributed by atoms with E-state index in [2.05, 4.69) is 5.32 Å². The molecule has 7 aromatic rings. The van der Waals surface area contributed by atoms with Gasteiger partial charge in [0.25, 0.3) is 11.1 Å². The lowest BCUT2D eigenvalue weighted by Gasteiger charge is -2.36.